The van der Waals surface area contributed by atoms with Crippen LogP contribution in [0.2, 0.25) is 0 Å². The maximum Gasteiger partial charge on any atom is 0.293 e. The minimum Gasteiger partial charge on any atom is -0.462 e. The van der Waals surface area contributed by atoms with Crippen LogP contribution in [0.5, 0.6) is 0 Å². The fraction of sp³-hybridized carbons (Fsp3) is 0.562. The lowest BCUT2D eigenvalue weighted by atomic mass is 9.92. The molecule has 1 aliphatic heterocycles. The Bertz CT molecular complexity index is 390. The summed E-state index contributed by atoms with van der Waals surface area (Å²) in [5.41, 5.74) is 7.60. The van der Waals surface area contributed by atoms with Crippen molar-refractivity contribution in [2.75, 3.05) is 18.8 Å². The molecular weight excluding hydrogens is 252 g/mol. The monoisotopic (exact) mass is 278 g/mol. The van der Waals surface area contributed by atoms with E-state index in [0.29, 0.717) is 12.4 Å². The summed E-state index contributed by atoms with van der Waals surface area (Å²) in [6, 6.07) is 8.27. The maximum absolute atomic E-state index is 9.60. The third-order valence-corrected chi connectivity index (χ3v) is 3.11. The first kappa shape index (κ1) is 16.5. The van der Waals surface area contributed by atoms with Crippen molar-refractivity contribution >= 4 is 12.2 Å². The van der Waals surface area contributed by atoms with Gasteiger partial charge in [0.25, 0.3) is 6.47 Å². The highest BCUT2D eigenvalue weighted by molar-refractivity contribution is 5.40. The first-order chi connectivity index (χ1) is 9.42. The Hall–Kier alpha value is -1.55. The SMILES string of the molecule is CC(C)(C)OC=O.Nc1ccc([C@@H]2CCCNC2)cc1. The number of nitrogens with one attached hydrogen (secondary N) is 1. The highest BCUT2D eigenvalue weighted by Gasteiger charge is 2.14. The molecule has 0 radical (unpaired) electrons. The van der Waals surface area contributed by atoms with Crippen LogP contribution in [0.15, 0.2) is 24.3 Å². The molecule has 3 N–H and O–H groups in total. The number of ether oxygens (including phenoxy) is 1. The molecule has 4 nitrogen and oxygen atoms in total. The van der Waals surface area contributed by atoms with Gasteiger partial charge in [-0.1, -0.05) is 12.1 Å². The first-order valence-electron chi connectivity index (χ1n) is 7.10. The van der Waals surface area contributed by atoms with Crippen LogP contribution in [0.25, 0.3) is 0 Å². The van der Waals surface area contributed by atoms with E-state index in [0.717, 1.165) is 12.2 Å². The number of nitrogen functional groups attached to an aromatic ring is 1. The van der Waals surface area contributed by atoms with Crippen LogP contribution in [0.4, 0.5) is 5.69 Å². The molecule has 0 aliphatic carbocycles. The van der Waals surface area contributed by atoms with Gasteiger partial charge >= 0.3 is 0 Å². The minimum absolute atomic E-state index is 0.318. The first-order valence-corrected chi connectivity index (χ1v) is 7.10. The molecule has 0 unspecified atom stereocenters. The maximum atomic E-state index is 9.60. The second-order valence-electron chi connectivity index (χ2n) is 6.04. The summed E-state index contributed by atoms with van der Waals surface area (Å²) in [5.74, 6) is 0.689. The molecule has 1 aromatic carbocycles. The van der Waals surface area contributed by atoms with E-state index >= 15 is 0 Å². The number of anilines is 1. The van der Waals surface area contributed by atoms with E-state index in [2.05, 4.69) is 22.2 Å². The molecule has 0 bridgehead atoms. The molecular formula is C16H26N2O2. The smallest absolute Gasteiger partial charge is 0.293 e. The van der Waals surface area contributed by atoms with Gasteiger partial charge in [-0.2, -0.15) is 0 Å². The zero-order valence-electron chi connectivity index (χ0n) is 12.7. The second kappa shape index (κ2) is 7.90. The van der Waals surface area contributed by atoms with Gasteiger partial charge in [0.05, 0.1) is 0 Å². The number of carbonyl (C=O) groups excluding carboxylic acids is 1. The van der Waals surface area contributed by atoms with Gasteiger partial charge in [-0.15, -0.1) is 0 Å². The van der Waals surface area contributed by atoms with Crippen molar-refractivity contribution in [1.82, 2.24) is 5.32 Å². The molecule has 4 heteroatoms. The van der Waals surface area contributed by atoms with Crippen molar-refractivity contribution in [3.05, 3.63) is 29.8 Å². The average molecular weight is 278 g/mol. The fourth-order valence-electron chi connectivity index (χ4n) is 2.05. The minimum atomic E-state index is -0.318. The van der Waals surface area contributed by atoms with Crippen molar-refractivity contribution in [3.8, 4) is 0 Å². The van der Waals surface area contributed by atoms with Gasteiger partial charge in [0.15, 0.2) is 0 Å². The molecule has 20 heavy (non-hydrogen) atoms. The lowest BCUT2D eigenvalue weighted by Crippen LogP contribution is -2.28. The molecule has 0 spiro atoms. The van der Waals surface area contributed by atoms with Crippen LogP contribution in [-0.2, 0) is 9.53 Å². The zero-order chi connectivity index (χ0) is 15.0. The van der Waals surface area contributed by atoms with Gasteiger partial charge in [-0.25, -0.2) is 0 Å². The van der Waals surface area contributed by atoms with E-state index in [9.17, 15) is 4.79 Å². The number of carbonyl (C=O) groups is 1. The van der Waals surface area contributed by atoms with Crippen molar-refractivity contribution in [1.29, 1.82) is 0 Å². The number of hydrogen-bond donors (Lipinski definition) is 2. The van der Waals surface area contributed by atoms with E-state index in [1.54, 1.807) is 0 Å². The third-order valence-electron chi connectivity index (χ3n) is 3.11. The van der Waals surface area contributed by atoms with Gasteiger partial charge < -0.3 is 15.8 Å². The summed E-state index contributed by atoms with van der Waals surface area (Å²) in [7, 11) is 0. The van der Waals surface area contributed by atoms with E-state index < -0.39 is 0 Å². The summed E-state index contributed by atoms with van der Waals surface area (Å²) in [4.78, 5) is 9.60. The quantitative estimate of drug-likeness (QED) is 0.645. The summed E-state index contributed by atoms with van der Waals surface area (Å²) in [6.45, 7) is 8.21. The summed E-state index contributed by atoms with van der Waals surface area (Å²) in [5, 5.41) is 3.42. The summed E-state index contributed by atoms with van der Waals surface area (Å²) >= 11 is 0. The normalized spacial score (nSPS) is 18.6. The highest BCUT2D eigenvalue weighted by atomic mass is 16.5. The van der Waals surface area contributed by atoms with Gasteiger partial charge in [-0.05, 0) is 63.8 Å². The van der Waals surface area contributed by atoms with Gasteiger partial charge in [0.1, 0.15) is 5.60 Å². The second-order valence-corrected chi connectivity index (χ2v) is 6.04. The number of benzene rings is 1. The Balaban J connectivity index is 0.000000246. The zero-order valence-corrected chi connectivity index (χ0v) is 12.7. The third kappa shape index (κ3) is 6.57. The standard InChI is InChI=1S/C11H16N2.C5H10O2/c12-11-5-3-9(4-6-11)10-2-1-7-13-8-10;1-5(2,3)7-4-6/h3-6,10,13H,1-2,7-8,12H2;4H,1-3H3/t10-;/m1./s1. The van der Waals surface area contributed by atoms with Crippen molar-refractivity contribution in [2.45, 2.75) is 45.1 Å². The van der Waals surface area contributed by atoms with Crippen LogP contribution in [-0.4, -0.2) is 25.2 Å². The Morgan fingerprint density at radius 1 is 1.30 bits per heavy atom. The van der Waals surface area contributed by atoms with E-state index in [4.69, 9.17) is 5.73 Å². The van der Waals surface area contributed by atoms with Crippen molar-refractivity contribution in [3.63, 3.8) is 0 Å². The van der Waals surface area contributed by atoms with E-state index in [1.165, 1.54) is 24.9 Å². The van der Waals surface area contributed by atoms with Crippen LogP contribution in [0, 0.1) is 0 Å². The summed E-state index contributed by atoms with van der Waals surface area (Å²) < 4.78 is 4.55. The number of piperidine rings is 1. The van der Waals surface area contributed by atoms with Crippen LogP contribution in [0.3, 0.4) is 0 Å². The van der Waals surface area contributed by atoms with E-state index in [-0.39, 0.29) is 5.60 Å². The Labute approximate surface area is 121 Å². The van der Waals surface area contributed by atoms with Gasteiger partial charge in [0.2, 0.25) is 0 Å². The molecule has 1 saturated heterocycles. The predicted octanol–water partition coefficient (Wildman–Crippen LogP) is 2.69. The number of hydrogen-bond acceptors (Lipinski definition) is 4. The number of nitrogens with two attached hydrogens (primary N) is 1. The molecule has 0 aromatic heterocycles. The lowest BCUT2D eigenvalue weighted by molar-refractivity contribution is -0.138. The Morgan fingerprint density at radius 3 is 2.35 bits per heavy atom. The lowest BCUT2D eigenvalue weighted by Gasteiger charge is -2.23. The van der Waals surface area contributed by atoms with E-state index in [1.807, 2.05) is 32.9 Å². The molecule has 1 heterocycles. The Morgan fingerprint density at radius 2 is 1.95 bits per heavy atom. The van der Waals surface area contributed by atoms with Crippen LogP contribution in [0.1, 0.15) is 45.1 Å². The Kier molecular flexibility index (Phi) is 6.52. The molecule has 1 aromatic rings. The molecule has 0 saturated carbocycles. The molecule has 112 valence electrons. The van der Waals surface area contributed by atoms with Gasteiger partial charge in [0, 0.05) is 12.2 Å². The molecule has 1 aliphatic rings. The van der Waals surface area contributed by atoms with Crippen molar-refractivity contribution in [2.24, 2.45) is 0 Å². The average Bonchev–Trinajstić information content (AvgIpc) is 2.40. The van der Waals surface area contributed by atoms with Crippen molar-refractivity contribution < 1.29 is 9.53 Å². The molecule has 1 atom stereocenters. The van der Waals surface area contributed by atoms with Crippen LogP contribution >= 0.6 is 0 Å². The molecule has 1 fully saturated rings. The fourth-order valence-corrected chi connectivity index (χ4v) is 2.05. The summed E-state index contributed by atoms with van der Waals surface area (Å²) in [6.07, 6.45) is 2.59. The molecule has 2 rings (SSSR count). The topological polar surface area (TPSA) is 64.3 Å². The van der Waals surface area contributed by atoms with Gasteiger partial charge in [-0.3, -0.25) is 4.79 Å². The predicted molar refractivity (Wildman–Crippen MR) is 82.6 cm³/mol. The van der Waals surface area contributed by atoms with Crippen LogP contribution < -0.4 is 11.1 Å². The largest absolute Gasteiger partial charge is 0.462 e. The molecule has 0 amide bonds. The highest BCUT2D eigenvalue weighted by Crippen LogP contribution is 2.23. The number of rotatable bonds is 2.